The molecule has 2 N–H and O–H groups in total. The monoisotopic (exact) mass is 338 g/mol. The maximum absolute atomic E-state index is 12.4. The minimum Gasteiger partial charge on any atom is -0.389 e. The Labute approximate surface area is 141 Å². The first-order chi connectivity index (χ1) is 11.1. The standard InChI is InChI=1S/C17H23ClN2O3/c18-13-4-1-3-12(11-13)17(22)19-14-5-2-6-15(16(14)21)20-7-9-23-10-8-20/h1,3-4,11,14-16,21H,2,5-10H2,(H,19,22)/t14-,15-,16-/m1/s1. The van der Waals surface area contributed by atoms with Crippen LogP contribution in [0.2, 0.25) is 5.02 Å². The van der Waals surface area contributed by atoms with Crippen LogP contribution in [0.5, 0.6) is 0 Å². The lowest BCUT2D eigenvalue weighted by Crippen LogP contribution is -2.58. The van der Waals surface area contributed by atoms with E-state index in [0.717, 1.165) is 32.4 Å². The van der Waals surface area contributed by atoms with E-state index in [1.807, 2.05) is 0 Å². The molecular weight excluding hydrogens is 316 g/mol. The highest BCUT2D eigenvalue weighted by Gasteiger charge is 2.36. The summed E-state index contributed by atoms with van der Waals surface area (Å²) in [6, 6.07) is 6.75. The quantitative estimate of drug-likeness (QED) is 0.880. The molecular formula is C17H23ClN2O3. The molecule has 0 aromatic heterocycles. The van der Waals surface area contributed by atoms with E-state index in [1.165, 1.54) is 0 Å². The molecule has 1 aliphatic carbocycles. The van der Waals surface area contributed by atoms with Gasteiger partial charge in [0.1, 0.15) is 0 Å². The third-order valence-corrected chi connectivity index (χ3v) is 4.97. The maximum Gasteiger partial charge on any atom is 0.251 e. The fourth-order valence-electron chi connectivity index (χ4n) is 3.50. The highest BCUT2D eigenvalue weighted by atomic mass is 35.5. The number of aliphatic hydroxyl groups is 1. The second-order valence-electron chi connectivity index (χ2n) is 6.23. The minimum atomic E-state index is -0.551. The lowest BCUT2D eigenvalue weighted by atomic mass is 9.86. The normalized spacial score (nSPS) is 29.2. The number of halogens is 1. The number of aliphatic hydroxyl groups excluding tert-OH is 1. The Morgan fingerprint density at radius 2 is 2.09 bits per heavy atom. The Kier molecular flexibility index (Phi) is 5.54. The number of morpholine rings is 1. The van der Waals surface area contributed by atoms with Gasteiger partial charge in [0.15, 0.2) is 0 Å². The second kappa shape index (κ2) is 7.62. The smallest absolute Gasteiger partial charge is 0.251 e. The topological polar surface area (TPSA) is 61.8 Å². The van der Waals surface area contributed by atoms with E-state index >= 15 is 0 Å². The van der Waals surface area contributed by atoms with Crippen molar-refractivity contribution in [3.8, 4) is 0 Å². The van der Waals surface area contributed by atoms with Crippen molar-refractivity contribution in [2.45, 2.75) is 37.5 Å². The third kappa shape index (κ3) is 4.04. The van der Waals surface area contributed by atoms with Crippen molar-refractivity contribution in [1.82, 2.24) is 10.2 Å². The predicted molar refractivity (Wildman–Crippen MR) is 88.7 cm³/mol. The molecule has 0 bridgehead atoms. The van der Waals surface area contributed by atoms with Crippen LogP contribution >= 0.6 is 11.6 Å². The molecule has 0 unspecified atom stereocenters. The molecule has 1 aromatic carbocycles. The average Bonchev–Trinajstić information content (AvgIpc) is 2.57. The molecule has 0 radical (unpaired) electrons. The van der Waals surface area contributed by atoms with E-state index in [2.05, 4.69) is 10.2 Å². The second-order valence-corrected chi connectivity index (χ2v) is 6.66. The van der Waals surface area contributed by atoms with Crippen molar-refractivity contribution in [1.29, 1.82) is 0 Å². The summed E-state index contributed by atoms with van der Waals surface area (Å²) in [4.78, 5) is 14.7. The summed E-state index contributed by atoms with van der Waals surface area (Å²) in [6.07, 6.45) is 2.21. The van der Waals surface area contributed by atoms with Crippen molar-refractivity contribution < 1.29 is 14.6 Å². The Morgan fingerprint density at radius 3 is 2.83 bits per heavy atom. The number of hydrogen-bond acceptors (Lipinski definition) is 4. The van der Waals surface area contributed by atoms with Gasteiger partial charge >= 0.3 is 0 Å². The van der Waals surface area contributed by atoms with E-state index in [0.29, 0.717) is 23.8 Å². The van der Waals surface area contributed by atoms with Crippen LogP contribution in [0.4, 0.5) is 0 Å². The molecule has 0 spiro atoms. The first-order valence-corrected chi connectivity index (χ1v) is 8.59. The molecule has 23 heavy (non-hydrogen) atoms. The van der Waals surface area contributed by atoms with Crippen LogP contribution in [0.1, 0.15) is 29.6 Å². The summed E-state index contributed by atoms with van der Waals surface area (Å²) >= 11 is 5.94. The molecule has 3 rings (SSSR count). The van der Waals surface area contributed by atoms with E-state index in [1.54, 1.807) is 24.3 Å². The van der Waals surface area contributed by atoms with Gasteiger partial charge in [0.25, 0.3) is 5.91 Å². The number of ether oxygens (including phenoxy) is 1. The van der Waals surface area contributed by atoms with Gasteiger partial charge in [-0.25, -0.2) is 0 Å². The lowest BCUT2D eigenvalue weighted by molar-refractivity contribution is -0.0459. The fraction of sp³-hybridized carbons (Fsp3) is 0.588. The van der Waals surface area contributed by atoms with Gasteiger partial charge in [-0.1, -0.05) is 17.7 Å². The van der Waals surface area contributed by atoms with Crippen LogP contribution in [-0.4, -0.2) is 60.4 Å². The molecule has 2 aliphatic rings. The van der Waals surface area contributed by atoms with E-state index in [4.69, 9.17) is 16.3 Å². The highest BCUT2D eigenvalue weighted by Crippen LogP contribution is 2.25. The first-order valence-electron chi connectivity index (χ1n) is 8.21. The lowest BCUT2D eigenvalue weighted by Gasteiger charge is -2.43. The highest BCUT2D eigenvalue weighted by molar-refractivity contribution is 6.30. The van der Waals surface area contributed by atoms with Gasteiger partial charge in [-0.15, -0.1) is 0 Å². The van der Waals surface area contributed by atoms with E-state index < -0.39 is 6.10 Å². The third-order valence-electron chi connectivity index (χ3n) is 4.74. The van der Waals surface area contributed by atoms with Gasteiger partial charge in [-0.2, -0.15) is 0 Å². The zero-order valence-corrected chi connectivity index (χ0v) is 13.8. The summed E-state index contributed by atoms with van der Waals surface area (Å²) in [5.41, 5.74) is 0.526. The molecule has 1 aromatic rings. The fourth-order valence-corrected chi connectivity index (χ4v) is 3.69. The van der Waals surface area contributed by atoms with Gasteiger partial charge in [-0.3, -0.25) is 9.69 Å². The Balaban J connectivity index is 1.63. The predicted octanol–water partition coefficient (Wildman–Crippen LogP) is 1.68. The molecule has 1 heterocycles. The zero-order chi connectivity index (χ0) is 16.2. The molecule has 1 saturated heterocycles. The van der Waals surface area contributed by atoms with Gasteiger partial charge in [-0.05, 0) is 37.5 Å². The Morgan fingerprint density at radius 1 is 1.30 bits per heavy atom. The zero-order valence-electron chi connectivity index (χ0n) is 13.1. The summed E-state index contributed by atoms with van der Waals surface area (Å²) in [7, 11) is 0. The largest absolute Gasteiger partial charge is 0.389 e. The Bertz CT molecular complexity index is 548. The Hall–Kier alpha value is -1.14. The van der Waals surface area contributed by atoms with E-state index in [-0.39, 0.29) is 18.0 Å². The number of carbonyl (C=O) groups is 1. The van der Waals surface area contributed by atoms with Crippen LogP contribution in [0, 0.1) is 0 Å². The van der Waals surface area contributed by atoms with Crippen molar-refractivity contribution >= 4 is 17.5 Å². The molecule has 6 heteroatoms. The van der Waals surface area contributed by atoms with E-state index in [9.17, 15) is 9.90 Å². The SMILES string of the molecule is O=C(N[C@@H]1CCC[C@@H](N2CCOCC2)[C@@H]1O)c1cccc(Cl)c1. The molecule has 2 fully saturated rings. The number of carbonyl (C=O) groups excluding carboxylic acids is 1. The number of nitrogens with one attached hydrogen (secondary N) is 1. The summed E-state index contributed by atoms with van der Waals surface area (Å²) in [5.74, 6) is -0.181. The van der Waals surface area contributed by atoms with Gasteiger partial charge in [0.05, 0.1) is 25.4 Å². The molecule has 126 valence electrons. The van der Waals surface area contributed by atoms with Crippen molar-refractivity contribution in [3.05, 3.63) is 34.9 Å². The van der Waals surface area contributed by atoms with Crippen LogP contribution in [0.25, 0.3) is 0 Å². The maximum atomic E-state index is 12.4. The number of benzene rings is 1. The van der Waals surface area contributed by atoms with Crippen LogP contribution in [0.15, 0.2) is 24.3 Å². The number of nitrogens with zero attached hydrogens (tertiary/aromatic N) is 1. The molecule has 3 atom stereocenters. The molecule has 5 nitrogen and oxygen atoms in total. The minimum absolute atomic E-state index is 0.0947. The number of hydrogen-bond donors (Lipinski definition) is 2. The number of rotatable bonds is 3. The summed E-state index contributed by atoms with van der Waals surface area (Å²) in [5, 5.41) is 14.2. The van der Waals surface area contributed by atoms with Crippen molar-refractivity contribution in [2.75, 3.05) is 26.3 Å². The average molecular weight is 339 g/mol. The van der Waals surface area contributed by atoms with Crippen LogP contribution in [-0.2, 0) is 4.74 Å². The summed E-state index contributed by atoms with van der Waals surface area (Å²) in [6.45, 7) is 3.11. The molecule has 1 amide bonds. The van der Waals surface area contributed by atoms with Crippen molar-refractivity contribution in [3.63, 3.8) is 0 Å². The molecule has 1 aliphatic heterocycles. The van der Waals surface area contributed by atoms with Gasteiger partial charge < -0.3 is 15.2 Å². The van der Waals surface area contributed by atoms with Crippen molar-refractivity contribution in [2.24, 2.45) is 0 Å². The summed E-state index contributed by atoms with van der Waals surface area (Å²) < 4.78 is 5.38. The first kappa shape index (κ1) is 16.7. The van der Waals surface area contributed by atoms with Crippen LogP contribution < -0.4 is 5.32 Å². The van der Waals surface area contributed by atoms with Crippen LogP contribution in [0.3, 0.4) is 0 Å². The molecule has 1 saturated carbocycles. The van der Waals surface area contributed by atoms with Gasteiger partial charge in [0.2, 0.25) is 0 Å². The van der Waals surface area contributed by atoms with Gasteiger partial charge in [0, 0.05) is 29.7 Å². The number of amides is 1.